The molecule has 0 N–H and O–H groups in total. The lowest BCUT2D eigenvalue weighted by atomic mass is 10.1. The molecule has 0 aliphatic carbocycles. The summed E-state index contributed by atoms with van der Waals surface area (Å²) < 4.78 is 12.2. The van der Waals surface area contributed by atoms with Crippen LogP contribution in [0.1, 0.15) is 22.8 Å². The van der Waals surface area contributed by atoms with Gasteiger partial charge in [-0.2, -0.15) is 0 Å². The summed E-state index contributed by atoms with van der Waals surface area (Å²) in [6.07, 6.45) is 0. The standard InChI is InChI=1S/C17H17BrO3/c1-12-3-8-17(16(11-12)13(2)19)21-10-9-20-15-6-4-14(18)5-7-15/h3-8,11H,9-10H2,1-2H3. The van der Waals surface area contributed by atoms with Crippen LogP contribution in [0.4, 0.5) is 0 Å². The number of benzene rings is 2. The second-order valence-corrected chi connectivity index (χ2v) is 5.62. The molecule has 0 spiro atoms. The van der Waals surface area contributed by atoms with Crippen molar-refractivity contribution in [3.63, 3.8) is 0 Å². The zero-order chi connectivity index (χ0) is 15.2. The molecular weight excluding hydrogens is 332 g/mol. The molecule has 0 heterocycles. The van der Waals surface area contributed by atoms with Gasteiger partial charge in [0.05, 0.1) is 5.56 Å². The number of ether oxygens (including phenoxy) is 2. The average Bonchev–Trinajstić information content (AvgIpc) is 2.46. The third kappa shape index (κ3) is 4.60. The highest BCUT2D eigenvalue weighted by atomic mass is 79.9. The summed E-state index contributed by atoms with van der Waals surface area (Å²) in [4.78, 5) is 11.6. The number of rotatable bonds is 6. The Hall–Kier alpha value is -1.81. The summed E-state index contributed by atoms with van der Waals surface area (Å²) in [6, 6.07) is 13.2. The topological polar surface area (TPSA) is 35.5 Å². The number of aryl methyl sites for hydroxylation is 1. The number of hydrogen-bond acceptors (Lipinski definition) is 3. The van der Waals surface area contributed by atoms with E-state index in [4.69, 9.17) is 9.47 Å². The number of carbonyl (C=O) groups is 1. The largest absolute Gasteiger partial charge is 0.490 e. The number of Topliss-reactive ketones (excluding diaryl/α,β-unsaturated/α-hetero) is 1. The first-order valence-corrected chi connectivity index (χ1v) is 7.48. The molecule has 2 aromatic rings. The summed E-state index contributed by atoms with van der Waals surface area (Å²) >= 11 is 3.37. The highest BCUT2D eigenvalue weighted by Gasteiger charge is 2.08. The van der Waals surface area contributed by atoms with Crippen LogP contribution in [0.2, 0.25) is 0 Å². The molecule has 0 saturated heterocycles. The van der Waals surface area contributed by atoms with Crippen LogP contribution in [0.5, 0.6) is 11.5 Å². The first kappa shape index (κ1) is 15.6. The summed E-state index contributed by atoms with van der Waals surface area (Å²) in [5.41, 5.74) is 1.65. The zero-order valence-electron chi connectivity index (χ0n) is 12.1. The van der Waals surface area contributed by atoms with Gasteiger partial charge in [0.25, 0.3) is 0 Å². The number of ketones is 1. The molecule has 110 valence electrons. The Morgan fingerprint density at radius 2 is 1.71 bits per heavy atom. The molecule has 0 fully saturated rings. The quantitative estimate of drug-likeness (QED) is 0.572. The van der Waals surface area contributed by atoms with Crippen LogP contribution in [-0.2, 0) is 0 Å². The molecule has 21 heavy (non-hydrogen) atoms. The molecule has 0 aliphatic rings. The number of halogens is 1. The van der Waals surface area contributed by atoms with Gasteiger partial charge in [-0.1, -0.05) is 27.6 Å². The fourth-order valence-corrected chi connectivity index (χ4v) is 2.15. The van der Waals surface area contributed by atoms with Crippen LogP contribution in [0.15, 0.2) is 46.9 Å². The van der Waals surface area contributed by atoms with E-state index in [1.807, 2.05) is 49.4 Å². The lowest BCUT2D eigenvalue weighted by Crippen LogP contribution is -2.11. The highest BCUT2D eigenvalue weighted by molar-refractivity contribution is 9.10. The van der Waals surface area contributed by atoms with Gasteiger partial charge in [-0.3, -0.25) is 4.79 Å². The minimum Gasteiger partial charge on any atom is -0.490 e. The lowest BCUT2D eigenvalue weighted by molar-refractivity contribution is 0.101. The van der Waals surface area contributed by atoms with E-state index in [9.17, 15) is 4.79 Å². The van der Waals surface area contributed by atoms with Gasteiger partial charge in [-0.25, -0.2) is 0 Å². The molecule has 2 rings (SSSR count). The fraction of sp³-hybridized carbons (Fsp3) is 0.235. The molecule has 3 nitrogen and oxygen atoms in total. The van der Waals surface area contributed by atoms with Crippen LogP contribution in [0.3, 0.4) is 0 Å². The smallest absolute Gasteiger partial charge is 0.163 e. The first-order chi connectivity index (χ1) is 10.1. The van der Waals surface area contributed by atoms with Crippen molar-refractivity contribution in [3.8, 4) is 11.5 Å². The van der Waals surface area contributed by atoms with Gasteiger partial charge in [0.2, 0.25) is 0 Å². The maximum Gasteiger partial charge on any atom is 0.163 e. The van der Waals surface area contributed by atoms with Gasteiger partial charge in [0.1, 0.15) is 24.7 Å². The maximum atomic E-state index is 11.6. The van der Waals surface area contributed by atoms with E-state index in [2.05, 4.69) is 15.9 Å². The van der Waals surface area contributed by atoms with E-state index in [1.54, 1.807) is 6.92 Å². The molecule has 0 bridgehead atoms. The monoisotopic (exact) mass is 348 g/mol. The van der Waals surface area contributed by atoms with Crippen molar-refractivity contribution >= 4 is 21.7 Å². The van der Waals surface area contributed by atoms with Crippen LogP contribution in [0.25, 0.3) is 0 Å². The third-order valence-corrected chi connectivity index (χ3v) is 3.47. The van der Waals surface area contributed by atoms with Crippen molar-refractivity contribution in [2.75, 3.05) is 13.2 Å². The third-order valence-electron chi connectivity index (χ3n) is 2.94. The molecular formula is C17H17BrO3. The van der Waals surface area contributed by atoms with Gasteiger partial charge >= 0.3 is 0 Å². The Morgan fingerprint density at radius 3 is 2.38 bits per heavy atom. The van der Waals surface area contributed by atoms with Crippen molar-refractivity contribution < 1.29 is 14.3 Å². The molecule has 2 aromatic carbocycles. The van der Waals surface area contributed by atoms with Crippen LogP contribution in [-0.4, -0.2) is 19.0 Å². The fourth-order valence-electron chi connectivity index (χ4n) is 1.89. The van der Waals surface area contributed by atoms with Gasteiger partial charge < -0.3 is 9.47 Å². The zero-order valence-corrected chi connectivity index (χ0v) is 13.6. The van der Waals surface area contributed by atoms with Gasteiger partial charge in [-0.05, 0) is 50.2 Å². The molecule has 0 atom stereocenters. The average molecular weight is 349 g/mol. The van der Waals surface area contributed by atoms with Gasteiger partial charge in [0.15, 0.2) is 5.78 Å². The van der Waals surface area contributed by atoms with Crippen molar-refractivity contribution in [1.82, 2.24) is 0 Å². The lowest BCUT2D eigenvalue weighted by Gasteiger charge is -2.11. The molecule has 4 heteroatoms. The van der Waals surface area contributed by atoms with Crippen LogP contribution in [0, 0.1) is 6.92 Å². The Balaban J connectivity index is 1.89. The normalized spacial score (nSPS) is 10.2. The molecule has 0 aliphatic heterocycles. The van der Waals surface area contributed by atoms with Crippen molar-refractivity contribution in [1.29, 1.82) is 0 Å². The second-order valence-electron chi connectivity index (χ2n) is 4.71. The van der Waals surface area contributed by atoms with Crippen molar-refractivity contribution in [3.05, 3.63) is 58.1 Å². The Morgan fingerprint density at radius 1 is 1.05 bits per heavy atom. The summed E-state index contributed by atoms with van der Waals surface area (Å²) in [5.74, 6) is 1.40. The van der Waals surface area contributed by atoms with Crippen molar-refractivity contribution in [2.45, 2.75) is 13.8 Å². The minimum absolute atomic E-state index is 0.00234. The van der Waals surface area contributed by atoms with Crippen LogP contribution >= 0.6 is 15.9 Å². The van der Waals surface area contributed by atoms with E-state index in [0.29, 0.717) is 24.5 Å². The summed E-state index contributed by atoms with van der Waals surface area (Å²) in [7, 11) is 0. The minimum atomic E-state index is 0.00234. The van der Waals surface area contributed by atoms with E-state index in [1.165, 1.54) is 0 Å². The Bertz CT molecular complexity index is 620. The predicted octanol–water partition coefficient (Wildman–Crippen LogP) is 4.42. The molecule has 0 aromatic heterocycles. The Kier molecular flexibility index (Phi) is 5.39. The summed E-state index contributed by atoms with van der Waals surface area (Å²) in [5, 5.41) is 0. The molecule has 0 saturated carbocycles. The SMILES string of the molecule is CC(=O)c1cc(C)ccc1OCCOc1ccc(Br)cc1. The van der Waals surface area contributed by atoms with Gasteiger partial charge in [-0.15, -0.1) is 0 Å². The van der Waals surface area contributed by atoms with E-state index < -0.39 is 0 Å². The van der Waals surface area contributed by atoms with E-state index in [-0.39, 0.29) is 5.78 Å². The second kappa shape index (κ2) is 7.27. The van der Waals surface area contributed by atoms with Crippen LogP contribution < -0.4 is 9.47 Å². The summed E-state index contributed by atoms with van der Waals surface area (Å²) in [6.45, 7) is 4.30. The molecule has 0 unspecified atom stereocenters. The predicted molar refractivity (Wildman–Crippen MR) is 86.3 cm³/mol. The van der Waals surface area contributed by atoms with E-state index >= 15 is 0 Å². The van der Waals surface area contributed by atoms with E-state index in [0.717, 1.165) is 15.8 Å². The Labute approximate surface area is 133 Å². The maximum absolute atomic E-state index is 11.6. The number of hydrogen-bond donors (Lipinski definition) is 0. The van der Waals surface area contributed by atoms with Gasteiger partial charge in [0, 0.05) is 4.47 Å². The molecule has 0 radical (unpaired) electrons. The number of carbonyl (C=O) groups excluding carboxylic acids is 1. The molecule has 0 amide bonds. The highest BCUT2D eigenvalue weighted by Crippen LogP contribution is 2.21. The van der Waals surface area contributed by atoms with Crippen molar-refractivity contribution in [2.24, 2.45) is 0 Å². The first-order valence-electron chi connectivity index (χ1n) is 6.69.